The van der Waals surface area contributed by atoms with Crippen LogP contribution in [0.4, 0.5) is 5.69 Å². The van der Waals surface area contributed by atoms with Crippen molar-refractivity contribution in [2.75, 3.05) is 24.6 Å². The zero-order chi connectivity index (χ0) is 16.4. The molecule has 1 saturated carbocycles. The first-order chi connectivity index (χ1) is 11.1. The maximum atomic E-state index is 12.2. The first-order valence-electron chi connectivity index (χ1n) is 8.19. The van der Waals surface area contributed by atoms with Crippen molar-refractivity contribution in [3.63, 3.8) is 0 Å². The standard InChI is InChI=1S/C17H23N3O3/c1-2-7-19-15(21)9-20-13-8-12(17(18)11-3-4-11)5-6-14(13)23-10-16(20)22/h5-6,8,11,17H,2-4,7,9-10,18H2,1H3,(H,19,21). The van der Waals surface area contributed by atoms with E-state index in [0.29, 0.717) is 23.9 Å². The third-order valence-corrected chi connectivity index (χ3v) is 4.31. The zero-order valence-corrected chi connectivity index (χ0v) is 13.4. The van der Waals surface area contributed by atoms with Gasteiger partial charge < -0.3 is 15.8 Å². The van der Waals surface area contributed by atoms with E-state index < -0.39 is 0 Å². The molecule has 1 aromatic rings. The number of nitrogens with one attached hydrogen (secondary N) is 1. The number of carbonyl (C=O) groups excluding carboxylic acids is 2. The predicted molar refractivity (Wildman–Crippen MR) is 87.2 cm³/mol. The molecule has 0 aromatic heterocycles. The van der Waals surface area contributed by atoms with E-state index in [-0.39, 0.29) is 31.0 Å². The van der Waals surface area contributed by atoms with Crippen LogP contribution in [0.15, 0.2) is 18.2 Å². The summed E-state index contributed by atoms with van der Waals surface area (Å²) >= 11 is 0. The second-order valence-corrected chi connectivity index (χ2v) is 6.21. The molecule has 3 N–H and O–H groups in total. The largest absolute Gasteiger partial charge is 0.482 e. The van der Waals surface area contributed by atoms with Crippen molar-refractivity contribution in [1.29, 1.82) is 0 Å². The minimum atomic E-state index is -0.207. The second kappa shape index (κ2) is 6.58. The van der Waals surface area contributed by atoms with Crippen molar-refractivity contribution in [1.82, 2.24) is 5.32 Å². The first kappa shape index (κ1) is 15.8. The van der Waals surface area contributed by atoms with Gasteiger partial charge in [0.05, 0.1) is 5.69 Å². The monoisotopic (exact) mass is 317 g/mol. The lowest BCUT2D eigenvalue weighted by Gasteiger charge is -2.30. The van der Waals surface area contributed by atoms with Gasteiger partial charge in [-0.1, -0.05) is 13.0 Å². The van der Waals surface area contributed by atoms with Crippen molar-refractivity contribution >= 4 is 17.5 Å². The maximum absolute atomic E-state index is 12.2. The fraction of sp³-hybridized carbons (Fsp3) is 0.529. The molecule has 2 aliphatic rings. The Hall–Kier alpha value is -2.08. The zero-order valence-electron chi connectivity index (χ0n) is 13.4. The number of anilines is 1. The van der Waals surface area contributed by atoms with Crippen LogP contribution >= 0.6 is 0 Å². The van der Waals surface area contributed by atoms with E-state index in [2.05, 4.69) is 5.32 Å². The summed E-state index contributed by atoms with van der Waals surface area (Å²) in [6.07, 6.45) is 3.16. The topological polar surface area (TPSA) is 84.7 Å². The Balaban J connectivity index is 1.82. The lowest BCUT2D eigenvalue weighted by Crippen LogP contribution is -2.45. The van der Waals surface area contributed by atoms with Gasteiger partial charge in [0, 0.05) is 12.6 Å². The molecule has 0 saturated heterocycles. The van der Waals surface area contributed by atoms with Gasteiger partial charge in [0.2, 0.25) is 5.91 Å². The van der Waals surface area contributed by atoms with Crippen LogP contribution in [-0.2, 0) is 9.59 Å². The number of amides is 2. The Labute approximate surface area is 136 Å². The first-order valence-corrected chi connectivity index (χ1v) is 8.19. The number of ether oxygens (including phenoxy) is 1. The molecule has 6 nitrogen and oxygen atoms in total. The van der Waals surface area contributed by atoms with Gasteiger partial charge in [-0.05, 0) is 42.9 Å². The average molecular weight is 317 g/mol. The number of benzene rings is 1. The molecule has 1 unspecified atom stereocenters. The number of nitrogens with two attached hydrogens (primary N) is 1. The van der Waals surface area contributed by atoms with Gasteiger partial charge in [0.1, 0.15) is 12.3 Å². The van der Waals surface area contributed by atoms with Crippen molar-refractivity contribution in [2.45, 2.75) is 32.2 Å². The molecular formula is C17H23N3O3. The average Bonchev–Trinajstić information content (AvgIpc) is 3.39. The second-order valence-electron chi connectivity index (χ2n) is 6.21. The Morgan fingerprint density at radius 1 is 1.48 bits per heavy atom. The summed E-state index contributed by atoms with van der Waals surface area (Å²) in [4.78, 5) is 25.7. The number of carbonyl (C=O) groups is 2. The Morgan fingerprint density at radius 3 is 2.96 bits per heavy atom. The highest BCUT2D eigenvalue weighted by molar-refractivity contribution is 6.02. The van der Waals surface area contributed by atoms with Gasteiger partial charge in [0.15, 0.2) is 6.61 Å². The molecule has 0 spiro atoms. The molecule has 1 aliphatic carbocycles. The fourth-order valence-corrected chi connectivity index (χ4v) is 2.79. The van der Waals surface area contributed by atoms with E-state index in [1.807, 2.05) is 25.1 Å². The number of hydrogen-bond donors (Lipinski definition) is 2. The molecule has 0 bridgehead atoms. The van der Waals surface area contributed by atoms with Gasteiger partial charge >= 0.3 is 0 Å². The fourth-order valence-electron chi connectivity index (χ4n) is 2.79. The molecule has 1 atom stereocenters. The SMILES string of the molecule is CCCNC(=O)CN1C(=O)COc2ccc(C(N)C3CC3)cc21. The highest BCUT2D eigenvalue weighted by atomic mass is 16.5. The van der Waals surface area contributed by atoms with E-state index in [9.17, 15) is 9.59 Å². The Kier molecular flexibility index (Phi) is 4.52. The molecule has 3 rings (SSSR count). The van der Waals surface area contributed by atoms with Gasteiger partial charge in [0.25, 0.3) is 5.91 Å². The number of rotatable bonds is 6. The van der Waals surface area contributed by atoms with Crippen LogP contribution in [0.2, 0.25) is 0 Å². The molecule has 1 aliphatic heterocycles. The van der Waals surface area contributed by atoms with Gasteiger partial charge in [-0.25, -0.2) is 0 Å². The molecule has 1 fully saturated rings. The van der Waals surface area contributed by atoms with Crippen LogP contribution in [0.3, 0.4) is 0 Å². The highest BCUT2D eigenvalue weighted by Crippen LogP contribution is 2.42. The van der Waals surface area contributed by atoms with Crippen molar-refractivity contribution in [3.8, 4) is 5.75 Å². The minimum absolute atomic E-state index is 0.0112. The van der Waals surface area contributed by atoms with Gasteiger partial charge in [-0.2, -0.15) is 0 Å². The predicted octanol–water partition coefficient (Wildman–Crippen LogP) is 1.35. The molecular weight excluding hydrogens is 294 g/mol. The van der Waals surface area contributed by atoms with E-state index in [1.54, 1.807) is 0 Å². The number of hydrogen-bond acceptors (Lipinski definition) is 4. The summed E-state index contributed by atoms with van der Waals surface area (Å²) in [5.41, 5.74) is 7.89. The summed E-state index contributed by atoms with van der Waals surface area (Å²) in [5, 5.41) is 2.80. The van der Waals surface area contributed by atoms with E-state index in [4.69, 9.17) is 10.5 Å². The third kappa shape index (κ3) is 3.47. The lowest BCUT2D eigenvalue weighted by atomic mass is 10.0. The summed E-state index contributed by atoms with van der Waals surface area (Å²) in [7, 11) is 0. The molecule has 1 heterocycles. The van der Waals surface area contributed by atoms with E-state index in [1.165, 1.54) is 4.90 Å². The van der Waals surface area contributed by atoms with Gasteiger partial charge in [-0.15, -0.1) is 0 Å². The lowest BCUT2D eigenvalue weighted by molar-refractivity contribution is -0.125. The molecule has 6 heteroatoms. The quantitative estimate of drug-likeness (QED) is 0.829. The van der Waals surface area contributed by atoms with E-state index >= 15 is 0 Å². The van der Waals surface area contributed by atoms with E-state index in [0.717, 1.165) is 24.8 Å². The van der Waals surface area contributed by atoms with Crippen molar-refractivity contribution < 1.29 is 14.3 Å². The number of fused-ring (bicyclic) bond motifs is 1. The highest BCUT2D eigenvalue weighted by Gasteiger charge is 2.32. The third-order valence-electron chi connectivity index (χ3n) is 4.31. The molecule has 23 heavy (non-hydrogen) atoms. The normalized spacial score (nSPS) is 18.2. The van der Waals surface area contributed by atoms with Gasteiger partial charge in [-0.3, -0.25) is 14.5 Å². The van der Waals surface area contributed by atoms with Crippen LogP contribution < -0.4 is 20.7 Å². The Bertz CT molecular complexity index is 613. The smallest absolute Gasteiger partial charge is 0.265 e. The van der Waals surface area contributed by atoms with Crippen molar-refractivity contribution in [2.24, 2.45) is 11.7 Å². The van der Waals surface area contributed by atoms with Crippen LogP contribution in [0.5, 0.6) is 5.75 Å². The summed E-state index contributed by atoms with van der Waals surface area (Å²) in [6, 6.07) is 5.67. The van der Waals surface area contributed by atoms with Crippen LogP contribution in [0.25, 0.3) is 0 Å². The molecule has 0 radical (unpaired) electrons. The molecule has 124 valence electrons. The van der Waals surface area contributed by atoms with Crippen molar-refractivity contribution in [3.05, 3.63) is 23.8 Å². The summed E-state index contributed by atoms with van der Waals surface area (Å²) in [5.74, 6) is 0.778. The van der Waals surface area contributed by atoms with Crippen LogP contribution in [0.1, 0.15) is 37.8 Å². The number of nitrogens with zero attached hydrogens (tertiary/aromatic N) is 1. The molecule has 2 amide bonds. The minimum Gasteiger partial charge on any atom is -0.482 e. The summed E-state index contributed by atoms with van der Waals surface area (Å²) < 4.78 is 5.48. The summed E-state index contributed by atoms with van der Waals surface area (Å²) in [6.45, 7) is 2.57. The Morgan fingerprint density at radius 2 is 2.26 bits per heavy atom. The van der Waals surface area contributed by atoms with Crippen LogP contribution in [0, 0.1) is 5.92 Å². The van der Waals surface area contributed by atoms with Crippen LogP contribution in [-0.4, -0.2) is 31.5 Å². The molecule has 1 aromatic carbocycles. The maximum Gasteiger partial charge on any atom is 0.265 e.